The van der Waals surface area contributed by atoms with Crippen molar-refractivity contribution in [2.24, 2.45) is 5.10 Å². The Labute approximate surface area is 190 Å². The molecule has 0 aliphatic carbocycles. The summed E-state index contributed by atoms with van der Waals surface area (Å²) < 4.78 is 5.37. The average molecular weight is 446 g/mol. The van der Waals surface area contributed by atoms with Gasteiger partial charge in [-0.2, -0.15) is 5.10 Å². The zero-order chi connectivity index (χ0) is 23.6. The first-order valence-electron chi connectivity index (χ1n) is 10.0. The summed E-state index contributed by atoms with van der Waals surface area (Å²) in [6.45, 7) is 2.41. The molecule has 3 aromatic rings. The Morgan fingerprint density at radius 3 is 2.33 bits per heavy atom. The largest absolute Gasteiger partial charge is 0.507 e. The lowest BCUT2D eigenvalue weighted by Crippen LogP contribution is -2.33. The van der Waals surface area contributed by atoms with Gasteiger partial charge in [0.15, 0.2) is 0 Å². The highest BCUT2D eigenvalue weighted by atomic mass is 16.5. The highest BCUT2D eigenvalue weighted by Gasteiger charge is 2.18. The van der Waals surface area contributed by atoms with E-state index in [1.54, 1.807) is 54.6 Å². The van der Waals surface area contributed by atoms with Gasteiger partial charge in [0.2, 0.25) is 0 Å². The topological polar surface area (TPSA) is 129 Å². The van der Waals surface area contributed by atoms with Crippen LogP contribution >= 0.6 is 0 Å². The van der Waals surface area contributed by atoms with Crippen LogP contribution in [0.5, 0.6) is 11.5 Å². The minimum Gasteiger partial charge on any atom is -0.507 e. The van der Waals surface area contributed by atoms with Crippen molar-refractivity contribution in [3.8, 4) is 11.5 Å². The normalized spacial score (nSPS) is 10.5. The number of rotatable bonds is 7. The van der Waals surface area contributed by atoms with Crippen molar-refractivity contribution in [3.63, 3.8) is 0 Å². The maximum absolute atomic E-state index is 12.7. The molecule has 0 heterocycles. The van der Waals surface area contributed by atoms with E-state index in [1.807, 2.05) is 6.92 Å². The van der Waals surface area contributed by atoms with Crippen LogP contribution < -0.4 is 20.8 Å². The number of amides is 3. The molecule has 0 atom stereocenters. The van der Waals surface area contributed by atoms with Gasteiger partial charge in [-0.1, -0.05) is 24.3 Å². The lowest BCUT2D eigenvalue weighted by atomic mass is 10.1. The third-order valence-corrected chi connectivity index (χ3v) is 4.36. The van der Waals surface area contributed by atoms with Gasteiger partial charge in [-0.15, -0.1) is 0 Å². The Bertz CT molecular complexity index is 1180. The van der Waals surface area contributed by atoms with Crippen LogP contribution in [0.1, 0.15) is 22.8 Å². The van der Waals surface area contributed by atoms with Crippen molar-refractivity contribution < 1.29 is 24.2 Å². The van der Waals surface area contributed by atoms with Crippen LogP contribution in [0.25, 0.3) is 0 Å². The smallest absolute Gasteiger partial charge is 0.329 e. The fourth-order valence-electron chi connectivity index (χ4n) is 2.78. The number of hydrogen-bond donors (Lipinski definition) is 4. The number of nitrogens with zero attached hydrogens (tertiary/aromatic N) is 1. The maximum Gasteiger partial charge on any atom is 0.329 e. The van der Waals surface area contributed by atoms with E-state index in [2.05, 4.69) is 21.2 Å². The van der Waals surface area contributed by atoms with Crippen molar-refractivity contribution in [1.29, 1.82) is 0 Å². The van der Waals surface area contributed by atoms with Crippen LogP contribution in [0.4, 0.5) is 11.4 Å². The highest BCUT2D eigenvalue weighted by Crippen LogP contribution is 2.20. The van der Waals surface area contributed by atoms with Crippen LogP contribution in [-0.2, 0) is 9.59 Å². The number of anilines is 2. The number of carbonyl (C=O) groups excluding carboxylic acids is 3. The summed E-state index contributed by atoms with van der Waals surface area (Å²) in [5.41, 5.74) is 3.32. The molecular weight excluding hydrogens is 424 g/mol. The molecule has 4 N–H and O–H groups in total. The van der Waals surface area contributed by atoms with E-state index in [0.29, 0.717) is 23.6 Å². The van der Waals surface area contributed by atoms with Gasteiger partial charge in [-0.25, -0.2) is 5.43 Å². The van der Waals surface area contributed by atoms with Gasteiger partial charge in [0.25, 0.3) is 5.91 Å². The number of ether oxygens (including phenoxy) is 1. The fourth-order valence-corrected chi connectivity index (χ4v) is 2.78. The number of phenolic OH excluding ortho intramolecular Hbond substituents is 1. The van der Waals surface area contributed by atoms with Crippen LogP contribution in [0.15, 0.2) is 77.9 Å². The molecule has 0 spiro atoms. The van der Waals surface area contributed by atoms with Crippen LogP contribution in [-0.4, -0.2) is 35.6 Å². The van der Waals surface area contributed by atoms with E-state index in [0.717, 1.165) is 0 Å². The number of nitrogens with one attached hydrogen (secondary N) is 3. The number of hydrazone groups is 1. The molecule has 9 heteroatoms. The molecule has 168 valence electrons. The van der Waals surface area contributed by atoms with E-state index in [-0.39, 0.29) is 17.0 Å². The number of benzene rings is 3. The monoisotopic (exact) mass is 446 g/mol. The minimum absolute atomic E-state index is 0.0209. The molecule has 33 heavy (non-hydrogen) atoms. The van der Waals surface area contributed by atoms with E-state index in [4.69, 9.17) is 4.74 Å². The lowest BCUT2D eigenvalue weighted by Gasteiger charge is -2.11. The van der Waals surface area contributed by atoms with Gasteiger partial charge < -0.3 is 20.5 Å². The third-order valence-electron chi connectivity index (χ3n) is 4.36. The van der Waals surface area contributed by atoms with Crippen molar-refractivity contribution in [3.05, 3.63) is 83.9 Å². The Balaban J connectivity index is 1.63. The predicted octanol–water partition coefficient (Wildman–Crippen LogP) is 3.13. The molecule has 9 nitrogen and oxygen atoms in total. The molecular formula is C24H22N4O5. The summed E-state index contributed by atoms with van der Waals surface area (Å²) in [4.78, 5) is 37.0. The molecule has 0 radical (unpaired) electrons. The summed E-state index contributed by atoms with van der Waals surface area (Å²) in [5, 5.41) is 18.5. The number of aromatic hydroxyl groups is 1. The molecule has 0 saturated carbocycles. The first-order chi connectivity index (χ1) is 16.0. The SMILES string of the molecule is CCOc1ccc(NC(=O)c2ccccc2NC(=O)C(=O)N/N=C\c2ccccc2O)cc1. The number of para-hydroxylation sites is 2. The number of hydrogen-bond acceptors (Lipinski definition) is 6. The van der Waals surface area contributed by atoms with Gasteiger partial charge >= 0.3 is 11.8 Å². The van der Waals surface area contributed by atoms with Crippen molar-refractivity contribution in [2.75, 3.05) is 17.2 Å². The first-order valence-corrected chi connectivity index (χ1v) is 10.0. The number of phenols is 1. The van der Waals surface area contributed by atoms with E-state index < -0.39 is 17.7 Å². The highest BCUT2D eigenvalue weighted by molar-refractivity contribution is 6.40. The predicted molar refractivity (Wildman–Crippen MR) is 124 cm³/mol. The molecule has 0 aliphatic heterocycles. The summed E-state index contributed by atoms with van der Waals surface area (Å²) >= 11 is 0. The summed E-state index contributed by atoms with van der Waals surface area (Å²) in [6, 6.07) is 19.5. The second-order valence-electron chi connectivity index (χ2n) is 6.67. The summed E-state index contributed by atoms with van der Waals surface area (Å²) in [5.74, 6) is -1.85. The zero-order valence-corrected chi connectivity index (χ0v) is 17.7. The molecule has 3 rings (SSSR count). The Morgan fingerprint density at radius 1 is 0.909 bits per heavy atom. The van der Waals surface area contributed by atoms with Gasteiger partial charge in [0.1, 0.15) is 11.5 Å². The third kappa shape index (κ3) is 6.41. The summed E-state index contributed by atoms with van der Waals surface area (Å²) in [7, 11) is 0. The first kappa shape index (κ1) is 23.0. The van der Waals surface area contributed by atoms with Gasteiger partial charge in [-0.3, -0.25) is 14.4 Å². The van der Waals surface area contributed by atoms with Crippen molar-refractivity contribution in [2.45, 2.75) is 6.92 Å². The summed E-state index contributed by atoms with van der Waals surface area (Å²) in [6.07, 6.45) is 1.21. The maximum atomic E-state index is 12.7. The number of carbonyl (C=O) groups is 3. The van der Waals surface area contributed by atoms with E-state index in [1.165, 1.54) is 24.4 Å². The molecule has 0 aliphatic rings. The zero-order valence-electron chi connectivity index (χ0n) is 17.7. The standard InChI is InChI=1S/C24H22N4O5/c1-2-33-18-13-11-17(12-14-18)26-22(30)19-8-4-5-9-20(19)27-23(31)24(32)28-25-15-16-7-3-6-10-21(16)29/h3-15,29H,2H2,1H3,(H,26,30)(H,27,31)(H,28,32)/b25-15-. The molecule has 0 fully saturated rings. The van der Waals surface area contributed by atoms with Crippen LogP contribution in [0.2, 0.25) is 0 Å². The second kappa shape index (κ2) is 11.1. The Hall–Kier alpha value is -4.66. The lowest BCUT2D eigenvalue weighted by molar-refractivity contribution is -0.136. The molecule has 0 aromatic heterocycles. The van der Waals surface area contributed by atoms with Crippen LogP contribution in [0, 0.1) is 0 Å². The van der Waals surface area contributed by atoms with Crippen molar-refractivity contribution >= 4 is 35.3 Å². The average Bonchev–Trinajstić information content (AvgIpc) is 2.82. The van der Waals surface area contributed by atoms with E-state index >= 15 is 0 Å². The van der Waals surface area contributed by atoms with Crippen LogP contribution in [0.3, 0.4) is 0 Å². The van der Waals surface area contributed by atoms with Gasteiger partial charge in [0, 0.05) is 11.3 Å². The quantitative estimate of drug-likeness (QED) is 0.252. The second-order valence-corrected chi connectivity index (χ2v) is 6.67. The minimum atomic E-state index is -1.04. The fraction of sp³-hybridized carbons (Fsp3) is 0.0833. The van der Waals surface area contributed by atoms with Gasteiger partial charge in [0.05, 0.1) is 24.1 Å². The Morgan fingerprint density at radius 2 is 1.61 bits per heavy atom. The molecule has 3 aromatic carbocycles. The van der Waals surface area contributed by atoms with E-state index in [9.17, 15) is 19.5 Å². The Kier molecular flexibility index (Phi) is 7.74. The van der Waals surface area contributed by atoms with Crippen molar-refractivity contribution in [1.82, 2.24) is 5.43 Å². The van der Waals surface area contributed by atoms with Gasteiger partial charge in [-0.05, 0) is 55.5 Å². The molecule has 3 amide bonds. The molecule has 0 bridgehead atoms. The molecule has 0 unspecified atom stereocenters. The molecule has 0 saturated heterocycles.